The van der Waals surface area contributed by atoms with Gasteiger partial charge in [-0.3, -0.25) is 0 Å². The number of aliphatic hydroxyl groups is 1. The Bertz CT molecular complexity index is 209. The van der Waals surface area contributed by atoms with Gasteiger partial charge in [0.1, 0.15) is 0 Å². The zero-order chi connectivity index (χ0) is 9.14. The number of carboxylic acid groups (broad SMARTS) is 1. The average molecular weight is 174 g/mol. The zero-order valence-corrected chi connectivity index (χ0v) is 6.78. The van der Waals surface area contributed by atoms with E-state index in [0.29, 0.717) is 0 Å². The summed E-state index contributed by atoms with van der Waals surface area (Å²) in [5.74, 6) is -0.832. The van der Waals surface area contributed by atoms with Crippen LogP contribution in [0.5, 0.6) is 0 Å². The number of nitrogens with one attached hydrogen (secondary N) is 1. The van der Waals surface area contributed by atoms with E-state index in [1.165, 1.54) is 7.11 Å². The number of aliphatic hydroxyl groups excluding tert-OH is 1. The Morgan fingerprint density at radius 3 is 2.50 bits per heavy atom. The van der Waals surface area contributed by atoms with Crippen molar-refractivity contribution in [3.63, 3.8) is 0 Å². The van der Waals surface area contributed by atoms with E-state index in [0.717, 1.165) is 12.8 Å². The van der Waals surface area contributed by atoms with E-state index in [2.05, 4.69) is 9.73 Å². The first-order chi connectivity index (χ1) is 5.65. The van der Waals surface area contributed by atoms with Crippen molar-refractivity contribution in [3.05, 3.63) is 0 Å². The van der Waals surface area contributed by atoms with Gasteiger partial charge in [-0.15, -0.1) is 0 Å². The molecule has 0 aliphatic heterocycles. The van der Waals surface area contributed by atoms with Gasteiger partial charge < -0.3 is 14.9 Å². The summed E-state index contributed by atoms with van der Waals surface area (Å²) in [7, 11) is 1.27. The second kappa shape index (κ2) is 3.42. The molecular formula is C7H12NO4+. The van der Waals surface area contributed by atoms with Crippen LogP contribution in [0.25, 0.3) is 0 Å². The minimum absolute atomic E-state index is 0.125. The molecule has 0 aromatic heterocycles. The van der Waals surface area contributed by atoms with Crippen LogP contribution in [0.2, 0.25) is 0 Å². The highest BCUT2D eigenvalue weighted by atomic mass is 16.6. The molecular weight excluding hydrogens is 162 g/mol. The molecule has 1 rings (SSSR count). The second-order valence-corrected chi connectivity index (χ2v) is 2.81. The van der Waals surface area contributed by atoms with Gasteiger partial charge in [0.15, 0.2) is 0 Å². The monoisotopic (exact) mass is 174 g/mol. The van der Waals surface area contributed by atoms with Crippen molar-refractivity contribution in [2.75, 3.05) is 7.11 Å². The molecule has 1 aliphatic rings. The van der Waals surface area contributed by atoms with E-state index in [1.807, 2.05) is 0 Å². The topological polar surface area (TPSA) is 80.7 Å². The Labute approximate surface area is 69.7 Å². The fraction of sp³-hybridized carbons (Fsp3) is 0.714. The van der Waals surface area contributed by atoms with Crippen LogP contribution in [0.4, 0.5) is 0 Å². The molecule has 68 valence electrons. The lowest BCUT2D eigenvalue weighted by atomic mass is 10.2. The van der Waals surface area contributed by atoms with Crippen LogP contribution in [0.3, 0.4) is 0 Å². The molecule has 1 saturated carbocycles. The molecule has 3 N–H and O–H groups in total. The summed E-state index contributed by atoms with van der Waals surface area (Å²) >= 11 is 0. The van der Waals surface area contributed by atoms with Crippen molar-refractivity contribution in [1.29, 1.82) is 0 Å². The van der Waals surface area contributed by atoms with Gasteiger partial charge in [-0.05, 0) is 12.8 Å². The third-order valence-corrected chi connectivity index (χ3v) is 1.83. The van der Waals surface area contributed by atoms with E-state index >= 15 is 0 Å². The molecule has 5 nitrogen and oxygen atoms in total. The quantitative estimate of drug-likeness (QED) is 0.359. The van der Waals surface area contributed by atoms with E-state index in [1.54, 1.807) is 0 Å². The standard InChI is InChI=1S/C7H11NO4/c1-12-7(11)8-5(6(9)10)4-2-3-4/h4-5H,2-3H2,1H3,(H,8,11)(H,9,10)/p+1/t5-/m0/s1. The third-order valence-electron chi connectivity index (χ3n) is 1.83. The first-order valence-electron chi connectivity index (χ1n) is 3.74. The lowest BCUT2D eigenvalue weighted by molar-refractivity contribution is -0.513. The summed E-state index contributed by atoms with van der Waals surface area (Å²) in [4.78, 5) is 13.0. The predicted octanol–water partition coefficient (Wildman–Crippen LogP) is -1.51. The molecule has 0 radical (unpaired) electrons. The lowest BCUT2D eigenvalue weighted by Crippen LogP contribution is -2.83. The van der Waals surface area contributed by atoms with E-state index in [9.17, 15) is 4.79 Å². The number of aliphatic carboxylic acids is 1. The number of carbonyl (C=O) groups is 1. The van der Waals surface area contributed by atoms with Crippen LogP contribution < -0.4 is 4.99 Å². The first kappa shape index (κ1) is 8.83. The van der Waals surface area contributed by atoms with Gasteiger partial charge >= 0.3 is 12.1 Å². The van der Waals surface area contributed by atoms with Crippen LogP contribution in [-0.2, 0) is 9.53 Å². The molecule has 0 unspecified atom stereocenters. The normalized spacial score (nSPS) is 20.2. The molecule has 1 fully saturated rings. The van der Waals surface area contributed by atoms with Crippen molar-refractivity contribution in [3.8, 4) is 0 Å². The summed E-state index contributed by atoms with van der Waals surface area (Å²) in [6, 6.07) is -0.718. The molecule has 0 aromatic carbocycles. The van der Waals surface area contributed by atoms with Gasteiger partial charge in [-0.2, -0.15) is 4.99 Å². The van der Waals surface area contributed by atoms with E-state index < -0.39 is 18.1 Å². The smallest absolute Gasteiger partial charge is 0.476 e. The maximum absolute atomic E-state index is 10.6. The average Bonchev–Trinajstić information content (AvgIpc) is 2.81. The zero-order valence-electron chi connectivity index (χ0n) is 6.78. The minimum Gasteiger partial charge on any atom is -0.476 e. The number of carboxylic acids is 1. The number of hydrogen-bond donors (Lipinski definition) is 3. The highest BCUT2D eigenvalue weighted by Gasteiger charge is 2.41. The van der Waals surface area contributed by atoms with Gasteiger partial charge in [0.05, 0.1) is 7.11 Å². The Balaban J connectivity index is 2.59. The van der Waals surface area contributed by atoms with Gasteiger partial charge in [0.2, 0.25) is 0 Å². The van der Waals surface area contributed by atoms with Crippen LogP contribution in [-0.4, -0.2) is 35.4 Å². The largest absolute Gasteiger partial charge is 0.545 e. The Hall–Kier alpha value is -1.26. The third kappa shape index (κ3) is 2.11. The van der Waals surface area contributed by atoms with Crippen molar-refractivity contribution < 1.29 is 24.7 Å². The van der Waals surface area contributed by atoms with Crippen molar-refractivity contribution in [2.24, 2.45) is 5.92 Å². The fourth-order valence-corrected chi connectivity index (χ4v) is 1.00. The maximum Gasteiger partial charge on any atom is 0.545 e. The molecule has 0 aromatic rings. The second-order valence-electron chi connectivity index (χ2n) is 2.81. The minimum atomic E-state index is -0.957. The Morgan fingerprint density at radius 1 is 1.58 bits per heavy atom. The Kier molecular flexibility index (Phi) is 2.52. The van der Waals surface area contributed by atoms with Crippen molar-refractivity contribution in [1.82, 2.24) is 0 Å². The number of methoxy groups -OCH3 is 1. The molecule has 1 atom stereocenters. The highest BCUT2D eigenvalue weighted by molar-refractivity contribution is 5.73. The van der Waals surface area contributed by atoms with Crippen molar-refractivity contribution in [2.45, 2.75) is 18.9 Å². The van der Waals surface area contributed by atoms with Gasteiger partial charge in [-0.1, -0.05) is 0 Å². The highest BCUT2D eigenvalue weighted by Crippen LogP contribution is 2.30. The summed E-state index contributed by atoms with van der Waals surface area (Å²) in [6.07, 6.45) is 1.34. The fourth-order valence-electron chi connectivity index (χ4n) is 1.00. The SMILES string of the molecule is COC(O)=[NH+][C@H](C(=O)O)C1CC1. The number of hydrogen-bond acceptors (Lipinski definition) is 2. The van der Waals surface area contributed by atoms with Gasteiger partial charge in [0, 0.05) is 5.92 Å². The molecule has 1 aliphatic carbocycles. The molecule has 0 heterocycles. The Morgan fingerprint density at radius 2 is 2.17 bits per heavy atom. The van der Waals surface area contributed by atoms with E-state index in [4.69, 9.17) is 10.2 Å². The van der Waals surface area contributed by atoms with Crippen LogP contribution in [0, 0.1) is 5.92 Å². The van der Waals surface area contributed by atoms with Gasteiger partial charge in [-0.25, -0.2) is 4.79 Å². The summed E-state index contributed by atoms with van der Waals surface area (Å²) in [5.41, 5.74) is 0. The van der Waals surface area contributed by atoms with Crippen molar-refractivity contribution >= 4 is 12.1 Å². The molecule has 0 amide bonds. The molecule has 5 heteroatoms. The maximum atomic E-state index is 10.6. The summed E-state index contributed by atoms with van der Waals surface area (Å²) < 4.78 is 4.41. The first-order valence-corrected chi connectivity index (χ1v) is 3.74. The molecule has 0 bridgehead atoms. The van der Waals surface area contributed by atoms with Crippen LogP contribution in [0.1, 0.15) is 12.8 Å². The van der Waals surface area contributed by atoms with Gasteiger partial charge in [0.25, 0.3) is 6.04 Å². The number of ether oxygens (including phenoxy) is 1. The molecule has 0 spiro atoms. The summed E-state index contributed by atoms with van der Waals surface area (Å²) in [5, 5.41) is 17.6. The number of rotatable bonds is 3. The predicted molar refractivity (Wildman–Crippen MR) is 39.8 cm³/mol. The van der Waals surface area contributed by atoms with Crippen LogP contribution >= 0.6 is 0 Å². The lowest BCUT2D eigenvalue weighted by Gasteiger charge is -1.98. The summed E-state index contributed by atoms with van der Waals surface area (Å²) in [6.45, 7) is 0. The molecule has 12 heavy (non-hydrogen) atoms. The molecule has 0 saturated heterocycles. The van der Waals surface area contributed by atoms with Crippen LogP contribution in [0.15, 0.2) is 0 Å². The van der Waals surface area contributed by atoms with E-state index in [-0.39, 0.29) is 5.92 Å².